The van der Waals surface area contributed by atoms with Crippen molar-refractivity contribution >= 4 is 0 Å². The van der Waals surface area contributed by atoms with Gasteiger partial charge in [0.2, 0.25) is 0 Å². The van der Waals surface area contributed by atoms with Gasteiger partial charge < -0.3 is 10.0 Å². The van der Waals surface area contributed by atoms with Crippen LogP contribution in [0.5, 0.6) is 0 Å². The molecule has 1 N–H and O–H groups in total. The average molecular weight is 275 g/mol. The Balaban J connectivity index is 3.17. The summed E-state index contributed by atoms with van der Waals surface area (Å²) in [6.45, 7) is 5.27. The lowest BCUT2D eigenvalue weighted by Crippen LogP contribution is -2.44. The Morgan fingerprint density at radius 1 is 1.16 bits per heavy atom. The Morgan fingerprint density at radius 3 is 2.05 bits per heavy atom. The van der Waals surface area contributed by atoms with E-state index in [-0.39, 0.29) is 0 Å². The van der Waals surface area contributed by atoms with Gasteiger partial charge in [-0.25, -0.2) is 0 Å². The summed E-state index contributed by atoms with van der Waals surface area (Å²) >= 11 is 0. The van der Waals surface area contributed by atoms with Gasteiger partial charge in [-0.05, 0) is 58.1 Å². The van der Waals surface area contributed by atoms with E-state index < -0.39 is 23.4 Å². The summed E-state index contributed by atoms with van der Waals surface area (Å²) in [7, 11) is 3.64. The fraction of sp³-hybridized carbons (Fsp3) is 0.571. The minimum absolute atomic E-state index is 0.442. The van der Waals surface area contributed by atoms with Gasteiger partial charge in [-0.1, -0.05) is 6.07 Å². The van der Waals surface area contributed by atoms with E-state index in [1.807, 2.05) is 32.8 Å². The lowest BCUT2D eigenvalue weighted by molar-refractivity contribution is -0.137. The van der Waals surface area contributed by atoms with E-state index in [0.717, 1.165) is 12.1 Å². The fourth-order valence-corrected chi connectivity index (χ4v) is 1.78. The Labute approximate surface area is 111 Å². The van der Waals surface area contributed by atoms with Crippen LogP contribution in [0.25, 0.3) is 0 Å². The maximum absolute atomic E-state index is 12.6. The van der Waals surface area contributed by atoms with Gasteiger partial charge >= 0.3 is 6.18 Å². The molecule has 108 valence electrons. The van der Waals surface area contributed by atoms with E-state index in [4.69, 9.17) is 0 Å². The summed E-state index contributed by atoms with van der Waals surface area (Å²) in [6, 6.07) is 3.44. The second-order valence-corrected chi connectivity index (χ2v) is 5.52. The Hall–Kier alpha value is -1.07. The van der Waals surface area contributed by atoms with Crippen molar-refractivity contribution < 1.29 is 18.3 Å². The Morgan fingerprint density at radius 2 is 1.68 bits per heavy atom. The summed E-state index contributed by atoms with van der Waals surface area (Å²) in [6.07, 6.45) is -5.21. The van der Waals surface area contributed by atoms with Crippen molar-refractivity contribution in [1.29, 1.82) is 0 Å². The lowest BCUT2D eigenvalue weighted by atomic mass is 9.87. The van der Waals surface area contributed by atoms with Gasteiger partial charge in [0.15, 0.2) is 0 Å². The molecular weight excluding hydrogens is 255 g/mol. The van der Waals surface area contributed by atoms with Crippen molar-refractivity contribution in [2.45, 2.75) is 38.6 Å². The third-order valence-electron chi connectivity index (χ3n) is 3.71. The normalized spacial score (nSPS) is 14.8. The second-order valence-electron chi connectivity index (χ2n) is 5.52. The Kier molecular flexibility index (Phi) is 4.32. The molecule has 0 amide bonds. The van der Waals surface area contributed by atoms with Crippen molar-refractivity contribution in [3.8, 4) is 0 Å². The average Bonchev–Trinajstić information content (AvgIpc) is 2.26. The molecule has 2 nitrogen and oxygen atoms in total. The molecule has 0 spiro atoms. The number of nitrogens with zero attached hydrogens (tertiary/aromatic N) is 1. The third-order valence-corrected chi connectivity index (χ3v) is 3.71. The summed E-state index contributed by atoms with van der Waals surface area (Å²) in [5, 5.41) is 10.4. The quantitative estimate of drug-likeness (QED) is 0.914. The van der Waals surface area contributed by atoms with Crippen molar-refractivity contribution in [1.82, 2.24) is 4.90 Å². The van der Waals surface area contributed by atoms with E-state index >= 15 is 0 Å². The molecule has 1 aromatic carbocycles. The van der Waals surface area contributed by atoms with Gasteiger partial charge in [0.05, 0.1) is 11.7 Å². The van der Waals surface area contributed by atoms with Crippen molar-refractivity contribution in [2.75, 3.05) is 14.1 Å². The largest absolute Gasteiger partial charge is 0.416 e. The number of likely N-dealkylation sites (N-methyl/N-ethyl adjacent to an activating group) is 1. The highest BCUT2D eigenvalue weighted by molar-refractivity contribution is 5.35. The Bertz CT molecular complexity index is 452. The molecule has 0 aliphatic carbocycles. The van der Waals surface area contributed by atoms with E-state index in [0.29, 0.717) is 11.1 Å². The van der Waals surface area contributed by atoms with E-state index in [1.54, 1.807) is 6.92 Å². The minimum atomic E-state index is -4.36. The van der Waals surface area contributed by atoms with Gasteiger partial charge in [-0.15, -0.1) is 0 Å². The molecule has 5 heteroatoms. The molecule has 1 atom stereocenters. The van der Waals surface area contributed by atoms with Crippen LogP contribution in [0.15, 0.2) is 18.2 Å². The number of benzene rings is 1. The van der Waals surface area contributed by atoms with Crippen LogP contribution in [0.4, 0.5) is 13.2 Å². The number of hydrogen-bond acceptors (Lipinski definition) is 2. The summed E-state index contributed by atoms with van der Waals surface area (Å²) in [5.74, 6) is 0. The van der Waals surface area contributed by atoms with E-state index in [9.17, 15) is 18.3 Å². The maximum atomic E-state index is 12.6. The molecule has 1 unspecified atom stereocenters. The third kappa shape index (κ3) is 3.28. The molecule has 0 saturated carbocycles. The monoisotopic (exact) mass is 275 g/mol. The predicted molar refractivity (Wildman–Crippen MR) is 68.9 cm³/mol. The molecule has 0 fully saturated rings. The first kappa shape index (κ1) is 16.0. The van der Waals surface area contributed by atoms with E-state index in [2.05, 4.69) is 0 Å². The molecule has 0 aromatic heterocycles. The zero-order valence-electron chi connectivity index (χ0n) is 11.8. The van der Waals surface area contributed by atoms with Crippen LogP contribution in [0.3, 0.4) is 0 Å². The predicted octanol–water partition coefficient (Wildman–Crippen LogP) is 3.39. The van der Waals surface area contributed by atoms with Crippen LogP contribution in [0.1, 0.15) is 36.6 Å². The van der Waals surface area contributed by atoms with E-state index in [1.165, 1.54) is 6.07 Å². The van der Waals surface area contributed by atoms with Crippen molar-refractivity contribution in [2.24, 2.45) is 0 Å². The molecule has 0 aliphatic rings. The van der Waals surface area contributed by atoms with Gasteiger partial charge in [0.25, 0.3) is 0 Å². The molecular formula is C14H20F3NO. The molecule has 1 aromatic rings. The molecule has 0 radical (unpaired) electrons. The van der Waals surface area contributed by atoms with Gasteiger partial charge in [-0.3, -0.25) is 0 Å². The standard InChI is InChI=1S/C14H20F3NO/c1-9-8-10(14(15,16)17)6-7-11(9)12(19)13(2,3)18(4)5/h6-8,12,19H,1-5H3. The van der Waals surface area contributed by atoms with Crippen molar-refractivity contribution in [3.05, 3.63) is 34.9 Å². The lowest BCUT2D eigenvalue weighted by Gasteiger charge is -2.38. The van der Waals surface area contributed by atoms with Crippen LogP contribution in [-0.2, 0) is 6.18 Å². The number of aliphatic hydroxyl groups excluding tert-OH is 1. The SMILES string of the molecule is Cc1cc(C(F)(F)F)ccc1C(O)C(C)(C)N(C)C. The molecule has 0 saturated heterocycles. The minimum Gasteiger partial charge on any atom is -0.386 e. The summed E-state index contributed by atoms with van der Waals surface area (Å²) < 4.78 is 37.8. The number of aryl methyl sites for hydroxylation is 1. The van der Waals surface area contributed by atoms with Crippen LogP contribution in [0.2, 0.25) is 0 Å². The van der Waals surface area contributed by atoms with Crippen molar-refractivity contribution in [3.63, 3.8) is 0 Å². The first-order chi connectivity index (χ1) is 8.48. The molecule has 0 heterocycles. The topological polar surface area (TPSA) is 23.5 Å². The van der Waals surface area contributed by atoms with Crippen LogP contribution in [0, 0.1) is 6.92 Å². The zero-order chi connectivity index (χ0) is 15.0. The van der Waals surface area contributed by atoms with Gasteiger partial charge in [-0.2, -0.15) is 13.2 Å². The molecule has 0 bridgehead atoms. The number of rotatable bonds is 3. The highest BCUT2D eigenvalue weighted by Gasteiger charge is 2.34. The highest BCUT2D eigenvalue weighted by atomic mass is 19.4. The van der Waals surface area contributed by atoms with Crippen LogP contribution < -0.4 is 0 Å². The molecule has 1 rings (SSSR count). The number of hydrogen-bond donors (Lipinski definition) is 1. The maximum Gasteiger partial charge on any atom is 0.416 e. The van der Waals surface area contributed by atoms with Crippen LogP contribution in [-0.4, -0.2) is 29.6 Å². The zero-order valence-corrected chi connectivity index (χ0v) is 11.8. The smallest absolute Gasteiger partial charge is 0.386 e. The highest BCUT2D eigenvalue weighted by Crippen LogP contribution is 2.35. The second kappa shape index (κ2) is 5.13. The number of alkyl halides is 3. The molecule has 19 heavy (non-hydrogen) atoms. The summed E-state index contributed by atoms with van der Waals surface area (Å²) in [5.41, 5.74) is -0.294. The van der Waals surface area contributed by atoms with Gasteiger partial charge in [0, 0.05) is 5.54 Å². The van der Waals surface area contributed by atoms with Crippen LogP contribution >= 0.6 is 0 Å². The number of halogens is 3. The molecule has 0 aliphatic heterocycles. The first-order valence-electron chi connectivity index (χ1n) is 6.01. The summed E-state index contributed by atoms with van der Waals surface area (Å²) in [4.78, 5) is 1.84. The van der Waals surface area contributed by atoms with Gasteiger partial charge in [0.1, 0.15) is 0 Å². The first-order valence-corrected chi connectivity index (χ1v) is 6.01. The fourth-order valence-electron chi connectivity index (χ4n) is 1.78. The number of aliphatic hydroxyl groups is 1.